The summed E-state index contributed by atoms with van der Waals surface area (Å²) in [6.07, 6.45) is 0.914. The summed E-state index contributed by atoms with van der Waals surface area (Å²) in [5.74, 6) is -0.103. The molecule has 0 amide bonds. The number of benzene rings is 1. The molecule has 0 atom stereocenters. The quantitative estimate of drug-likeness (QED) is 0.780. The third kappa shape index (κ3) is 4.43. The third-order valence-electron chi connectivity index (χ3n) is 4.38. The van der Waals surface area contributed by atoms with Crippen LogP contribution in [0, 0.1) is 11.7 Å². The zero-order valence-corrected chi connectivity index (χ0v) is 12.1. The maximum Gasteiger partial charge on any atom is 0.416 e. The Morgan fingerprint density at radius 1 is 1.14 bits per heavy atom. The van der Waals surface area contributed by atoms with E-state index in [0.717, 1.165) is 37.7 Å². The molecule has 1 aromatic rings. The predicted octanol–water partition coefficient (Wildman–Crippen LogP) is 4.90. The van der Waals surface area contributed by atoms with Gasteiger partial charge in [0.1, 0.15) is 5.82 Å². The molecule has 0 unspecified atom stereocenters. The highest BCUT2D eigenvalue weighted by molar-refractivity contribution is 5.30. The first-order valence-electron chi connectivity index (χ1n) is 7.49. The van der Waals surface area contributed by atoms with Crippen LogP contribution in [-0.4, -0.2) is 6.04 Å². The zero-order chi connectivity index (χ0) is 15.5. The molecular weight excluding hydrogens is 282 g/mol. The Labute approximate surface area is 122 Å². The van der Waals surface area contributed by atoms with Gasteiger partial charge in [-0.1, -0.05) is 19.4 Å². The highest BCUT2D eigenvalue weighted by Gasteiger charge is 2.33. The van der Waals surface area contributed by atoms with E-state index in [1.54, 1.807) is 0 Å². The van der Waals surface area contributed by atoms with E-state index in [2.05, 4.69) is 12.2 Å². The van der Waals surface area contributed by atoms with E-state index in [-0.39, 0.29) is 18.2 Å². The van der Waals surface area contributed by atoms with Crippen LogP contribution in [0.15, 0.2) is 18.2 Å². The summed E-state index contributed by atoms with van der Waals surface area (Å²) in [4.78, 5) is 0. The fourth-order valence-corrected chi connectivity index (χ4v) is 3.00. The minimum atomic E-state index is -4.51. The second kappa shape index (κ2) is 6.77. The summed E-state index contributed by atoms with van der Waals surface area (Å²) in [6, 6.07) is 3.15. The van der Waals surface area contributed by atoms with E-state index < -0.39 is 17.6 Å². The average molecular weight is 303 g/mol. The van der Waals surface area contributed by atoms with Crippen molar-refractivity contribution in [3.63, 3.8) is 0 Å². The number of hydrogen-bond acceptors (Lipinski definition) is 1. The molecule has 1 aliphatic rings. The van der Waals surface area contributed by atoms with Crippen LogP contribution < -0.4 is 5.32 Å². The van der Waals surface area contributed by atoms with Gasteiger partial charge in [0.2, 0.25) is 0 Å². The van der Waals surface area contributed by atoms with Crippen LogP contribution in [0.4, 0.5) is 17.6 Å². The van der Waals surface area contributed by atoms with Gasteiger partial charge >= 0.3 is 6.18 Å². The molecule has 0 aliphatic heterocycles. The summed E-state index contributed by atoms with van der Waals surface area (Å²) in [5, 5.41) is 3.19. The minimum absolute atomic E-state index is 0.113. The van der Waals surface area contributed by atoms with Gasteiger partial charge in [-0.3, -0.25) is 0 Å². The van der Waals surface area contributed by atoms with Crippen molar-refractivity contribution in [3.8, 4) is 0 Å². The molecule has 118 valence electrons. The Kier molecular flexibility index (Phi) is 5.25. The maximum atomic E-state index is 13.0. The van der Waals surface area contributed by atoms with Crippen molar-refractivity contribution in [2.75, 3.05) is 0 Å². The molecule has 0 saturated heterocycles. The number of rotatable bonds is 4. The largest absolute Gasteiger partial charge is 0.416 e. The molecule has 1 aromatic carbocycles. The van der Waals surface area contributed by atoms with Gasteiger partial charge in [0.25, 0.3) is 0 Å². The first-order valence-corrected chi connectivity index (χ1v) is 7.49. The van der Waals surface area contributed by atoms with Crippen molar-refractivity contribution >= 4 is 0 Å². The molecule has 1 N–H and O–H groups in total. The highest BCUT2D eigenvalue weighted by Crippen LogP contribution is 2.33. The fraction of sp³-hybridized carbons (Fsp3) is 0.625. The molecule has 21 heavy (non-hydrogen) atoms. The number of hydrogen-bond donors (Lipinski definition) is 1. The summed E-state index contributed by atoms with van der Waals surface area (Å²) in [6.45, 7) is 2.31. The molecule has 1 aliphatic carbocycles. The Morgan fingerprint density at radius 2 is 1.81 bits per heavy atom. The van der Waals surface area contributed by atoms with Gasteiger partial charge in [0, 0.05) is 12.6 Å². The monoisotopic (exact) mass is 303 g/mol. The van der Waals surface area contributed by atoms with Gasteiger partial charge in [-0.15, -0.1) is 0 Å². The standard InChI is InChI=1S/C16H21F4N/c1-2-11-3-7-14(8-4-11)21-10-12-5-6-13(17)9-15(12)16(18,19)20/h5-6,9,11,14,21H,2-4,7-8,10H2,1H3. The maximum absolute atomic E-state index is 13.0. The second-order valence-electron chi connectivity index (χ2n) is 5.81. The molecule has 1 fully saturated rings. The molecule has 1 nitrogen and oxygen atoms in total. The van der Waals surface area contributed by atoms with Crippen LogP contribution in [0.25, 0.3) is 0 Å². The normalized spacial score (nSPS) is 23.3. The van der Waals surface area contributed by atoms with Crippen molar-refractivity contribution in [3.05, 3.63) is 35.1 Å². The minimum Gasteiger partial charge on any atom is -0.310 e. The van der Waals surface area contributed by atoms with Gasteiger partial charge in [-0.2, -0.15) is 13.2 Å². The summed E-state index contributed by atoms with van der Waals surface area (Å²) >= 11 is 0. The molecule has 0 heterocycles. The van der Waals surface area contributed by atoms with Gasteiger partial charge in [-0.05, 0) is 49.3 Å². The lowest BCUT2D eigenvalue weighted by Gasteiger charge is -2.29. The van der Waals surface area contributed by atoms with E-state index in [1.165, 1.54) is 12.5 Å². The SMILES string of the molecule is CCC1CCC(NCc2ccc(F)cc2C(F)(F)F)CC1. The van der Waals surface area contributed by atoms with Crippen LogP contribution in [-0.2, 0) is 12.7 Å². The Balaban J connectivity index is 1.97. The Hall–Kier alpha value is -1.10. The molecule has 0 radical (unpaired) electrons. The van der Waals surface area contributed by atoms with Gasteiger partial charge < -0.3 is 5.32 Å². The number of nitrogens with one attached hydrogen (secondary N) is 1. The molecule has 0 bridgehead atoms. The molecule has 1 saturated carbocycles. The fourth-order valence-electron chi connectivity index (χ4n) is 3.00. The van der Waals surface area contributed by atoms with Crippen LogP contribution in [0.5, 0.6) is 0 Å². The van der Waals surface area contributed by atoms with Crippen molar-refractivity contribution < 1.29 is 17.6 Å². The van der Waals surface area contributed by atoms with E-state index in [9.17, 15) is 17.6 Å². The molecule has 5 heteroatoms. The molecule has 2 rings (SSSR count). The lowest BCUT2D eigenvalue weighted by atomic mass is 9.84. The zero-order valence-electron chi connectivity index (χ0n) is 12.1. The van der Waals surface area contributed by atoms with Crippen LogP contribution >= 0.6 is 0 Å². The van der Waals surface area contributed by atoms with Crippen molar-refractivity contribution in [1.82, 2.24) is 5.32 Å². The highest BCUT2D eigenvalue weighted by atomic mass is 19.4. The summed E-state index contributed by atoms with van der Waals surface area (Å²) in [7, 11) is 0. The smallest absolute Gasteiger partial charge is 0.310 e. The van der Waals surface area contributed by atoms with E-state index in [4.69, 9.17) is 0 Å². The van der Waals surface area contributed by atoms with Gasteiger partial charge in [0.15, 0.2) is 0 Å². The van der Waals surface area contributed by atoms with E-state index >= 15 is 0 Å². The number of halogens is 4. The van der Waals surface area contributed by atoms with Crippen LogP contribution in [0.3, 0.4) is 0 Å². The molecule has 0 spiro atoms. The van der Waals surface area contributed by atoms with Gasteiger partial charge in [-0.25, -0.2) is 4.39 Å². The topological polar surface area (TPSA) is 12.0 Å². The first-order chi connectivity index (χ1) is 9.90. The van der Waals surface area contributed by atoms with E-state index in [1.807, 2.05) is 0 Å². The predicted molar refractivity (Wildman–Crippen MR) is 74.3 cm³/mol. The van der Waals surface area contributed by atoms with Crippen LogP contribution in [0.1, 0.15) is 50.2 Å². The Bertz CT molecular complexity index is 462. The molecular formula is C16H21F4N. The first kappa shape index (κ1) is 16.3. The lowest BCUT2D eigenvalue weighted by Crippen LogP contribution is -2.33. The van der Waals surface area contributed by atoms with Crippen molar-refractivity contribution in [1.29, 1.82) is 0 Å². The van der Waals surface area contributed by atoms with Crippen molar-refractivity contribution in [2.45, 2.75) is 57.8 Å². The Morgan fingerprint density at radius 3 is 2.38 bits per heavy atom. The summed E-state index contributed by atoms with van der Waals surface area (Å²) in [5.41, 5.74) is -0.765. The number of alkyl halides is 3. The van der Waals surface area contributed by atoms with Gasteiger partial charge in [0.05, 0.1) is 5.56 Å². The van der Waals surface area contributed by atoms with Crippen LogP contribution in [0.2, 0.25) is 0 Å². The lowest BCUT2D eigenvalue weighted by molar-refractivity contribution is -0.138. The van der Waals surface area contributed by atoms with Crippen molar-refractivity contribution in [2.24, 2.45) is 5.92 Å². The average Bonchev–Trinajstić information content (AvgIpc) is 2.45. The second-order valence-corrected chi connectivity index (χ2v) is 5.81. The summed E-state index contributed by atoms with van der Waals surface area (Å²) < 4.78 is 51.7. The van der Waals surface area contributed by atoms with E-state index in [0.29, 0.717) is 6.07 Å². The third-order valence-corrected chi connectivity index (χ3v) is 4.38. The molecule has 0 aromatic heterocycles.